The number of benzene rings is 3. The molecule has 0 atom stereocenters. The SMILES string of the molecule is Cc1ccc(S(=O)(=O)NCC(=O)NCC(=O)OCc2cccc(C(=O)Oc3ccccc3)c2)cc1. The molecule has 9 nitrogen and oxygen atoms in total. The zero-order valence-electron chi connectivity index (χ0n) is 18.9. The topological polar surface area (TPSA) is 128 Å². The first-order chi connectivity index (χ1) is 16.7. The van der Waals surface area contributed by atoms with Crippen molar-refractivity contribution in [2.45, 2.75) is 18.4 Å². The van der Waals surface area contributed by atoms with Gasteiger partial charge in [-0.1, -0.05) is 48.0 Å². The molecule has 0 radical (unpaired) electrons. The molecule has 3 rings (SSSR count). The molecular weight excluding hydrogens is 472 g/mol. The van der Waals surface area contributed by atoms with Crippen LogP contribution < -0.4 is 14.8 Å². The van der Waals surface area contributed by atoms with E-state index in [0.29, 0.717) is 11.3 Å². The number of hydrogen-bond acceptors (Lipinski definition) is 7. The molecule has 0 bridgehead atoms. The van der Waals surface area contributed by atoms with E-state index in [4.69, 9.17) is 9.47 Å². The fraction of sp³-hybridized carbons (Fsp3) is 0.160. The predicted octanol–water partition coefficient (Wildman–Crippen LogP) is 2.35. The third kappa shape index (κ3) is 8.05. The summed E-state index contributed by atoms with van der Waals surface area (Å²) in [6.45, 7) is 0.726. The summed E-state index contributed by atoms with van der Waals surface area (Å²) >= 11 is 0. The molecule has 3 aromatic carbocycles. The maximum absolute atomic E-state index is 12.3. The van der Waals surface area contributed by atoms with Gasteiger partial charge in [-0.25, -0.2) is 17.9 Å². The zero-order valence-corrected chi connectivity index (χ0v) is 19.7. The molecule has 1 amide bonds. The van der Waals surface area contributed by atoms with Gasteiger partial charge in [-0.05, 0) is 48.9 Å². The minimum absolute atomic E-state index is 0.0326. The summed E-state index contributed by atoms with van der Waals surface area (Å²) < 4.78 is 37.0. The maximum Gasteiger partial charge on any atom is 0.343 e. The number of aryl methyl sites for hydroxylation is 1. The van der Waals surface area contributed by atoms with Crippen LogP contribution in [0.1, 0.15) is 21.5 Å². The van der Waals surface area contributed by atoms with E-state index in [1.165, 1.54) is 18.2 Å². The Hall–Kier alpha value is -4.02. The highest BCUT2D eigenvalue weighted by molar-refractivity contribution is 7.89. The monoisotopic (exact) mass is 496 g/mol. The molecule has 2 N–H and O–H groups in total. The first-order valence-corrected chi connectivity index (χ1v) is 12.1. The van der Waals surface area contributed by atoms with Crippen LogP contribution in [0, 0.1) is 6.92 Å². The molecule has 0 aromatic heterocycles. The van der Waals surface area contributed by atoms with Crippen molar-refractivity contribution in [2.75, 3.05) is 13.1 Å². The van der Waals surface area contributed by atoms with Gasteiger partial charge < -0.3 is 14.8 Å². The highest BCUT2D eigenvalue weighted by Gasteiger charge is 2.16. The lowest BCUT2D eigenvalue weighted by atomic mass is 10.1. The van der Waals surface area contributed by atoms with Gasteiger partial charge in [0.05, 0.1) is 17.0 Å². The number of nitrogens with one attached hydrogen (secondary N) is 2. The number of sulfonamides is 1. The lowest BCUT2D eigenvalue weighted by Gasteiger charge is -2.09. The Labute approximate surface area is 203 Å². The van der Waals surface area contributed by atoms with E-state index in [9.17, 15) is 22.8 Å². The van der Waals surface area contributed by atoms with Crippen molar-refractivity contribution in [3.05, 3.63) is 95.6 Å². The second kappa shape index (κ2) is 11.9. The van der Waals surface area contributed by atoms with E-state index >= 15 is 0 Å². The molecule has 0 saturated heterocycles. The summed E-state index contributed by atoms with van der Waals surface area (Å²) in [4.78, 5) is 36.2. The average Bonchev–Trinajstić information content (AvgIpc) is 2.86. The number of carbonyl (C=O) groups excluding carboxylic acids is 3. The average molecular weight is 497 g/mol. The van der Waals surface area contributed by atoms with Crippen molar-refractivity contribution >= 4 is 27.9 Å². The third-order valence-corrected chi connectivity index (χ3v) is 6.12. The molecule has 0 saturated carbocycles. The lowest BCUT2D eigenvalue weighted by Crippen LogP contribution is -2.39. The number of carbonyl (C=O) groups is 3. The second-order valence-corrected chi connectivity index (χ2v) is 9.24. The highest BCUT2D eigenvalue weighted by atomic mass is 32.2. The molecule has 3 aromatic rings. The third-order valence-electron chi connectivity index (χ3n) is 4.70. The Morgan fingerprint density at radius 2 is 1.57 bits per heavy atom. The lowest BCUT2D eigenvalue weighted by molar-refractivity contribution is -0.145. The minimum Gasteiger partial charge on any atom is -0.460 e. The number of para-hydroxylation sites is 1. The van der Waals surface area contributed by atoms with Crippen LogP contribution in [0.25, 0.3) is 0 Å². The molecule has 0 fully saturated rings. The van der Waals surface area contributed by atoms with Crippen LogP contribution in [0.5, 0.6) is 5.75 Å². The van der Waals surface area contributed by atoms with Gasteiger partial charge in [-0.2, -0.15) is 0 Å². The van der Waals surface area contributed by atoms with Crippen LogP contribution in [-0.2, 0) is 31.0 Å². The van der Waals surface area contributed by atoms with Gasteiger partial charge in [0.1, 0.15) is 18.9 Å². The number of esters is 2. The summed E-state index contributed by atoms with van der Waals surface area (Å²) in [5, 5.41) is 2.29. The number of rotatable bonds is 10. The molecular formula is C25H24N2O7S. The Balaban J connectivity index is 1.42. The van der Waals surface area contributed by atoms with Gasteiger partial charge in [0, 0.05) is 0 Å². The molecule has 0 aliphatic rings. The fourth-order valence-electron chi connectivity index (χ4n) is 2.85. The van der Waals surface area contributed by atoms with E-state index in [1.54, 1.807) is 60.7 Å². The normalized spacial score (nSPS) is 10.9. The summed E-state index contributed by atoms with van der Waals surface area (Å²) in [5.74, 6) is -1.56. The largest absolute Gasteiger partial charge is 0.460 e. The minimum atomic E-state index is -3.85. The van der Waals surface area contributed by atoms with Crippen LogP contribution in [0.3, 0.4) is 0 Å². The quantitative estimate of drug-likeness (QED) is 0.326. The first-order valence-electron chi connectivity index (χ1n) is 10.6. The van der Waals surface area contributed by atoms with E-state index in [2.05, 4.69) is 10.0 Å². The molecule has 0 spiro atoms. The first kappa shape index (κ1) is 25.6. The predicted molar refractivity (Wildman–Crippen MR) is 127 cm³/mol. The van der Waals surface area contributed by atoms with Crippen molar-refractivity contribution in [1.82, 2.24) is 10.0 Å². The van der Waals surface area contributed by atoms with Gasteiger partial charge in [0.25, 0.3) is 0 Å². The summed E-state index contributed by atoms with van der Waals surface area (Å²) in [6, 6.07) is 21.2. The standard InChI is InChI=1S/C25H24N2O7S/c1-18-10-12-22(13-11-18)35(31,32)27-15-23(28)26-16-24(29)33-17-19-6-5-7-20(14-19)25(30)34-21-8-3-2-4-9-21/h2-14,27H,15-17H2,1H3,(H,26,28). The van der Waals surface area contributed by atoms with Gasteiger partial charge >= 0.3 is 11.9 Å². The number of ether oxygens (including phenoxy) is 2. The van der Waals surface area contributed by atoms with Crippen molar-refractivity contribution < 1.29 is 32.3 Å². The Morgan fingerprint density at radius 3 is 2.29 bits per heavy atom. The zero-order chi connectivity index (χ0) is 25.3. The van der Waals surface area contributed by atoms with Crippen LogP contribution in [-0.4, -0.2) is 39.4 Å². The Bertz CT molecular complexity index is 1290. The molecule has 10 heteroatoms. The van der Waals surface area contributed by atoms with Crippen LogP contribution >= 0.6 is 0 Å². The van der Waals surface area contributed by atoms with Crippen LogP contribution in [0.4, 0.5) is 0 Å². The fourth-order valence-corrected chi connectivity index (χ4v) is 3.83. The van der Waals surface area contributed by atoms with E-state index in [0.717, 1.165) is 5.56 Å². The van der Waals surface area contributed by atoms with E-state index in [-0.39, 0.29) is 17.1 Å². The van der Waals surface area contributed by atoms with E-state index < -0.39 is 41.0 Å². The van der Waals surface area contributed by atoms with Crippen LogP contribution in [0.15, 0.2) is 83.8 Å². The van der Waals surface area contributed by atoms with Crippen molar-refractivity contribution in [1.29, 1.82) is 0 Å². The number of hydrogen-bond donors (Lipinski definition) is 2. The molecule has 0 heterocycles. The number of amides is 1. The summed E-state index contributed by atoms with van der Waals surface area (Å²) in [6.07, 6.45) is 0. The maximum atomic E-state index is 12.3. The second-order valence-electron chi connectivity index (χ2n) is 7.48. The van der Waals surface area contributed by atoms with Gasteiger partial charge in [-0.15, -0.1) is 0 Å². The van der Waals surface area contributed by atoms with Gasteiger partial charge in [0.15, 0.2) is 0 Å². The smallest absolute Gasteiger partial charge is 0.343 e. The molecule has 35 heavy (non-hydrogen) atoms. The summed E-state index contributed by atoms with van der Waals surface area (Å²) in [7, 11) is -3.85. The molecule has 0 aliphatic heterocycles. The van der Waals surface area contributed by atoms with E-state index in [1.807, 2.05) is 6.92 Å². The Morgan fingerprint density at radius 1 is 0.857 bits per heavy atom. The van der Waals surface area contributed by atoms with Crippen LogP contribution in [0.2, 0.25) is 0 Å². The van der Waals surface area contributed by atoms with Crippen molar-refractivity contribution in [2.24, 2.45) is 0 Å². The molecule has 182 valence electrons. The van der Waals surface area contributed by atoms with Crippen molar-refractivity contribution in [3.8, 4) is 5.75 Å². The molecule has 0 aliphatic carbocycles. The summed E-state index contributed by atoms with van der Waals surface area (Å²) in [5.41, 5.74) is 1.74. The highest BCUT2D eigenvalue weighted by Crippen LogP contribution is 2.13. The Kier molecular flexibility index (Phi) is 8.71. The van der Waals surface area contributed by atoms with Crippen molar-refractivity contribution in [3.63, 3.8) is 0 Å². The molecule has 0 unspecified atom stereocenters. The van der Waals surface area contributed by atoms with Gasteiger partial charge in [0.2, 0.25) is 15.9 Å². The van der Waals surface area contributed by atoms with Gasteiger partial charge in [-0.3, -0.25) is 9.59 Å².